The van der Waals surface area contributed by atoms with E-state index in [0.29, 0.717) is 12.8 Å². The molecule has 112 valence electrons. The third-order valence-electron chi connectivity index (χ3n) is 3.80. The Hall–Kier alpha value is -0.270. The van der Waals surface area contributed by atoms with Gasteiger partial charge in [-0.2, -0.15) is 0 Å². The van der Waals surface area contributed by atoms with Crippen LogP contribution in [0.4, 0.5) is 0 Å². The van der Waals surface area contributed by atoms with Gasteiger partial charge in [-0.25, -0.2) is 4.21 Å². The summed E-state index contributed by atoms with van der Waals surface area (Å²) in [6.07, 6.45) is 2.50. The Morgan fingerprint density at radius 1 is 1.35 bits per heavy atom. The summed E-state index contributed by atoms with van der Waals surface area (Å²) in [7, 11) is 0. The molecule has 1 atom stereocenters. The van der Waals surface area contributed by atoms with E-state index >= 15 is 0 Å². The van der Waals surface area contributed by atoms with E-state index in [2.05, 4.69) is 27.8 Å². The van der Waals surface area contributed by atoms with Crippen molar-refractivity contribution in [2.24, 2.45) is 0 Å². The molecule has 0 bridgehead atoms. The number of nitrogens with zero attached hydrogens (tertiary/aromatic N) is 1. The molecule has 0 radical (unpaired) electrons. The first-order valence-electron chi connectivity index (χ1n) is 6.83. The predicted octanol–water partition coefficient (Wildman–Crippen LogP) is 2.96. The lowest BCUT2D eigenvalue weighted by Gasteiger charge is -2.41. The highest BCUT2D eigenvalue weighted by Crippen LogP contribution is 2.37. The van der Waals surface area contributed by atoms with Crippen LogP contribution in [0.1, 0.15) is 31.7 Å². The number of halogens is 1. The zero-order valence-electron chi connectivity index (χ0n) is 11.5. The van der Waals surface area contributed by atoms with Crippen LogP contribution in [-0.4, -0.2) is 33.3 Å². The molecule has 1 fully saturated rings. The topological polar surface area (TPSA) is 52.6 Å². The molecule has 1 unspecified atom stereocenters. The van der Waals surface area contributed by atoms with Gasteiger partial charge in [-0.15, -0.1) is 0 Å². The Morgan fingerprint density at radius 2 is 1.95 bits per heavy atom. The van der Waals surface area contributed by atoms with Crippen molar-refractivity contribution in [3.63, 3.8) is 0 Å². The molecule has 1 aliphatic heterocycles. The molecule has 6 heteroatoms. The summed E-state index contributed by atoms with van der Waals surface area (Å²) in [5, 5.41) is 0. The summed E-state index contributed by atoms with van der Waals surface area (Å²) in [5.41, 5.74) is 0.221. The first-order valence-corrected chi connectivity index (χ1v) is 8.62. The molecule has 2 rings (SSSR count). The van der Waals surface area contributed by atoms with Crippen molar-refractivity contribution in [3.8, 4) is 0 Å². The summed E-state index contributed by atoms with van der Waals surface area (Å²) >= 11 is 0.894. The molecule has 0 aromatic heterocycles. The van der Waals surface area contributed by atoms with Gasteiger partial charge in [0.25, 0.3) is 0 Å². The van der Waals surface area contributed by atoms with Crippen LogP contribution in [0, 0.1) is 0 Å². The SMILES string of the molecule is CCCN1CCC(OS(=O)[O-])(c2ccc(Br)cc2)CC1. The van der Waals surface area contributed by atoms with Crippen molar-refractivity contribution in [1.82, 2.24) is 4.90 Å². The highest BCUT2D eigenvalue weighted by Gasteiger charge is 2.38. The molecule has 1 aliphatic rings. The van der Waals surface area contributed by atoms with E-state index in [0.717, 1.165) is 36.1 Å². The summed E-state index contributed by atoms with van der Waals surface area (Å²) in [4.78, 5) is 2.36. The minimum atomic E-state index is -2.50. The summed E-state index contributed by atoms with van der Waals surface area (Å²) < 4.78 is 28.4. The summed E-state index contributed by atoms with van der Waals surface area (Å²) in [5.74, 6) is 0. The Kier molecular flexibility index (Phi) is 5.74. The molecule has 1 saturated heterocycles. The van der Waals surface area contributed by atoms with E-state index in [-0.39, 0.29) is 0 Å². The molecule has 0 spiro atoms. The van der Waals surface area contributed by atoms with Crippen molar-refractivity contribution in [1.29, 1.82) is 0 Å². The number of benzene rings is 1. The van der Waals surface area contributed by atoms with Gasteiger partial charge in [0.15, 0.2) is 0 Å². The molecular formula is C14H19BrNO3S-. The number of likely N-dealkylation sites (tertiary alicyclic amines) is 1. The second-order valence-corrected chi connectivity index (χ2v) is 6.62. The van der Waals surface area contributed by atoms with Gasteiger partial charge in [-0.1, -0.05) is 35.0 Å². The van der Waals surface area contributed by atoms with Gasteiger partial charge in [0.05, 0.1) is 11.4 Å². The largest absolute Gasteiger partial charge is 0.750 e. The highest BCUT2D eigenvalue weighted by molar-refractivity contribution is 9.10. The highest BCUT2D eigenvalue weighted by atomic mass is 79.9. The van der Waals surface area contributed by atoms with Crippen LogP contribution in [0.5, 0.6) is 0 Å². The average molecular weight is 361 g/mol. The molecule has 1 aromatic carbocycles. The Morgan fingerprint density at radius 3 is 2.45 bits per heavy atom. The molecule has 1 aromatic rings. The number of hydrogen-bond acceptors (Lipinski definition) is 4. The van der Waals surface area contributed by atoms with Crippen LogP contribution in [0.25, 0.3) is 0 Å². The van der Waals surface area contributed by atoms with Gasteiger partial charge < -0.3 is 9.45 Å². The van der Waals surface area contributed by atoms with Gasteiger partial charge in [0.2, 0.25) is 0 Å². The third-order valence-corrected chi connectivity index (χ3v) is 4.79. The second kappa shape index (κ2) is 7.13. The van der Waals surface area contributed by atoms with Gasteiger partial charge in [0, 0.05) is 17.6 Å². The van der Waals surface area contributed by atoms with E-state index in [1.54, 1.807) is 0 Å². The lowest BCUT2D eigenvalue weighted by atomic mass is 9.84. The van der Waals surface area contributed by atoms with Crippen molar-refractivity contribution in [3.05, 3.63) is 34.3 Å². The van der Waals surface area contributed by atoms with Crippen molar-refractivity contribution < 1.29 is 12.9 Å². The predicted molar refractivity (Wildman–Crippen MR) is 81.8 cm³/mol. The van der Waals surface area contributed by atoms with E-state index in [1.165, 1.54) is 0 Å². The Bertz CT molecular complexity index is 458. The molecule has 0 saturated carbocycles. The third kappa shape index (κ3) is 3.89. The normalized spacial score (nSPS) is 20.8. The first-order chi connectivity index (χ1) is 9.55. The Labute approximate surface area is 131 Å². The van der Waals surface area contributed by atoms with E-state index in [1.807, 2.05) is 24.3 Å². The van der Waals surface area contributed by atoms with Gasteiger partial charge in [-0.05, 0) is 43.5 Å². The fourth-order valence-electron chi connectivity index (χ4n) is 2.76. The van der Waals surface area contributed by atoms with Crippen LogP contribution >= 0.6 is 15.9 Å². The summed E-state index contributed by atoms with van der Waals surface area (Å²) in [6, 6.07) is 7.72. The summed E-state index contributed by atoms with van der Waals surface area (Å²) in [6.45, 7) is 4.93. The number of rotatable bonds is 5. The molecular weight excluding hydrogens is 342 g/mol. The van der Waals surface area contributed by atoms with Crippen molar-refractivity contribution in [2.75, 3.05) is 19.6 Å². The van der Waals surface area contributed by atoms with Crippen molar-refractivity contribution >= 4 is 27.3 Å². The quantitative estimate of drug-likeness (QED) is 0.757. The fraction of sp³-hybridized carbons (Fsp3) is 0.571. The first kappa shape index (κ1) is 16.1. The maximum absolute atomic E-state index is 11.1. The van der Waals surface area contributed by atoms with E-state index in [9.17, 15) is 8.76 Å². The van der Waals surface area contributed by atoms with Crippen LogP contribution < -0.4 is 0 Å². The van der Waals surface area contributed by atoms with Crippen LogP contribution in [0.2, 0.25) is 0 Å². The van der Waals surface area contributed by atoms with Gasteiger partial charge >= 0.3 is 0 Å². The average Bonchev–Trinajstić information content (AvgIpc) is 2.41. The maximum Gasteiger partial charge on any atom is 0.112 e. The van der Waals surface area contributed by atoms with Crippen LogP contribution in [0.15, 0.2) is 28.7 Å². The standard InChI is InChI=1S/C14H20BrNO3S/c1-2-9-16-10-7-14(8-11-16,19-20(17)18)12-3-5-13(15)6-4-12/h3-6H,2,7-11H2,1H3,(H,17,18)/p-1. The fourth-order valence-corrected chi connectivity index (χ4v) is 3.55. The zero-order valence-corrected chi connectivity index (χ0v) is 13.9. The zero-order chi connectivity index (χ0) is 14.6. The van der Waals surface area contributed by atoms with Gasteiger partial charge in [0.1, 0.15) is 5.60 Å². The lowest BCUT2D eigenvalue weighted by molar-refractivity contribution is 0.000847. The number of piperidine rings is 1. The number of hydrogen-bond donors (Lipinski definition) is 0. The van der Waals surface area contributed by atoms with E-state index < -0.39 is 17.0 Å². The second-order valence-electron chi connectivity index (χ2n) is 5.13. The molecule has 0 amide bonds. The van der Waals surface area contributed by atoms with E-state index in [4.69, 9.17) is 4.18 Å². The van der Waals surface area contributed by atoms with Crippen LogP contribution in [0.3, 0.4) is 0 Å². The molecule has 20 heavy (non-hydrogen) atoms. The minimum Gasteiger partial charge on any atom is -0.750 e. The van der Waals surface area contributed by atoms with Gasteiger partial charge in [-0.3, -0.25) is 4.18 Å². The molecule has 4 nitrogen and oxygen atoms in total. The van der Waals surface area contributed by atoms with Crippen LogP contribution in [-0.2, 0) is 21.1 Å². The molecule has 1 heterocycles. The molecule has 0 aliphatic carbocycles. The lowest BCUT2D eigenvalue weighted by Crippen LogP contribution is -2.44. The van der Waals surface area contributed by atoms with Crippen molar-refractivity contribution in [2.45, 2.75) is 31.8 Å². The maximum atomic E-state index is 11.1. The Balaban J connectivity index is 2.19. The smallest absolute Gasteiger partial charge is 0.112 e. The minimum absolute atomic E-state index is 0.697. The monoisotopic (exact) mass is 360 g/mol. The molecule has 0 N–H and O–H groups in total.